The minimum absolute atomic E-state index is 0.243. The molecule has 0 saturated carbocycles. The highest BCUT2D eigenvalue weighted by atomic mass is 16.7. The largest absolute Gasteiger partial charge is 0.426 e. The SMILES string of the molecule is C=CC(C)(O)OC(=O)C(=C)C. The molecule has 11 heavy (non-hydrogen) atoms. The molecule has 0 aromatic heterocycles. The molecule has 0 bridgehead atoms. The molecule has 0 aliphatic carbocycles. The van der Waals surface area contributed by atoms with Crippen LogP contribution in [0.15, 0.2) is 24.8 Å². The van der Waals surface area contributed by atoms with Crippen LogP contribution in [-0.4, -0.2) is 16.9 Å². The van der Waals surface area contributed by atoms with Gasteiger partial charge in [0.15, 0.2) is 0 Å². The Hall–Kier alpha value is -1.09. The zero-order valence-corrected chi connectivity index (χ0v) is 6.76. The Labute approximate surface area is 66.0 Å². The third-order valence-corrected chi connectivity index (χ3v) is 1.03. The maximum atomic E-state index is 10.8. The monoisotopic (exact) mass is 156 g/mol. The predicted molar refractivity (Wildman–Crippen MR) is 41.7 cm³/mol. The maximum absolute atomic E-state index is 10.8. The van der Waals surface area contributed by atoms with Crippen LogP contribution in [0.25, 0.3) is 0 Å². The van der Waals surface area contributed by atoms with Crippen molar-refractivity contribution in [1.29, 1.82) is 0 Å². The molecule has 0 aliphatic heterocycles. The number of carbonyl (C=O) groups excluding carboxylic acids is 1. The highest BCUT2D eigenvalue weighted by molar-refractivity contribution is 5.87. The van der Waals surface area contributed by atoms with E-state index in [0.717, 1.165) is 6.08 Å². The highest BCUT2D eigenvalue weighted by Crippen LogP contribution is 2.08. The highest BCUT2D eigenvalue weighted by Gasteiger charge is 2.20. The molecule has 0 aromatic carbocycles. The fraction of sp³-hybridized carbons (Fsp3) is 0.375. The lowest BCUT2D eigenvalue weighted by Gasteiger charge is -2.18. The zero-order chi connectivity index (χ0) is 9.07. The topological polar surface area (TPSA) is 46.5 Å². The smallest absolute Gasteiger partial charge is 0.335 e. The standard InChI is InChI=1S/C8H12O3/c1-5-8(4,10)11-7(9)6(2)3/h5,10H,1-2H2,3-4H3. The van der Waals surface area contributed by atoms with Crippen LogP contribution in [0.3, 0.4) is 0 Å². The summed E-state index contributed by atoms with van der Waals surface area (Å²) < 4.78 is 4.55. The van der Waals surface area contributed by atoms with Crippen molar-refractivity contribution >= 4 is 5.97 Å². The fourth-order valence-electron chi connectivity index (χ4n) is 0.316. The minimum Gasteiger partial charge on any atom is -0.426 e. The number of hydrogen-bond donors (Lipinski definition) is 1. The van der Waals surface area contributed by atoms with E-state index < -0.39 is 11.8 Å². The fourth-order valence-corrected chi connectivity index (χ4v) is 0.316. The van der Waals surface area contributed by atoms with E-state index in [-0.39, 0.29) is 5.57 Å². The van der Waals surface area contributed by atoms with E-state index in [2.05, 4.69) is 17.9 Å². The van der Waals surface area contributed by atoms with Crippen LogP contribution >= 0.6 is 0 Å². The number of esters is 1. The van der Waals surface area contributed by atoms with E-state index in [1.165, 1.54) is 13.8 Å². The number of ether oxygens (including phenoxy) is 1. The van der Waals surface area contributed by atoms with Crippen LogP contribution in [0.1, 0.15) is 13.8 Å². The molecular formula is C8H12O3. The zero-order valence-electron chi connectivity index (χ0n) is 6.76. The van der Waals surface area contributed by atoms with Gasteiger partial charge in [-0.15, -0.1) is 0 Å². The summed E-state index contributed by atoms with van der Waals surface area (Å²) in [6, 6.07) is 0. The van der Waals surface area contributed by atoms with E-state index >= 15 is 0 Å². The second-order valence-electron chi connectivity index (χ2n) is 2.43. The minimum atomic E-state index is -1.60. The average molecular weight is 156 g/mol. The molecule has 0 saturated heterocycles. The van der Waals surface area contributed by atoms with E-state index in [0.29, 0.717) is 0 Å². The normalized spacial score (nSPS) is 14.8. The molecule has 0 rings (SSSR count). The Bertz CT molecular complexity index is 192. The molecule has 0 aromatic rings. The molecule has 0 spiro atoms. The second kappa shape index (κ2) is 3.34. The van der Waals surface area contributed by atoms with E-state index in [1.54, 1.807) is 0 Å². The third kappa shape index (κ3) is 3.57. The summed E-state index contributed by atoms with van der Waals surface area (Å²) in [5.41, 5.74) is 0.243. The summed E-state index contributed by atoms with van der Waals surface area (Å²) in [5, 5.41) is 9.14. The van der Waals surface area contributed by atoms with Gasteiger partial charge in [-0.1, -0.05) is 13.2 Å². The summed E-state index contributed by atoms with van der Waals surface area (Å²) in [5.74, 6) is -2.23. The van der Waals surface area contributed by atoms with Gasteiger partial charge in [-0.25, -0.2) is 4.79 Å². The van der Waals surface area contributed by atoms with Gasteiger partial charge in [0.25, 0.3) is 0 Å². The molecule has 3 heteroatoms. The van der Waals surface area contributed by atoms with Gasteiger partial charge in [-0.3, -0.25) is 0 Å². The first kappa shape index (κ1) is 9.91. The Morgan fingerprint density at radius 1 is 1.73 bits per heavy atom. The van der Waals surface area contributed by atoms with E-state index in [9.17, 15) is 4.79 Å². The first-order valence-electron chi connectivity index (χ1n) is 3.14. The molecule has 1 unspecified atom stereocenters. The van der Waals surface area contributed by atoms with Crippen molar-refractivity contribution in [2.45, 2.75) is 19.6 Å². The van der Waals surface area contributed by atoms with Crippen molar-refractivity contribution in [3.05, 3.63) is 24.8 Å². The van der Waals surface area contributed by atoms with E-state index in [1.807, 2.05) is 0 Å². The van der Waals surface area contributed by atoms with Crippen LogP contribution < -0.4 is 0 Å². The molecule has 0 amide bonds. The molecule has 62 valence electrons. The van der Waals surface area contributed by atoms with Gasteiger partial charge in [-0.05, 0) is 13.0 Å². The van der Waals surface area contributed by atoms with Gasteiger partial charge in [-0.2, -0.15) is 0 Å². The quantitative estimate of drug-likeness (QED) is 0.287. The summed E-state index contributed by atoms with van der Waals surface area (Å²) in [6.07, 6.45) is 1.13. The third-order valence-electron chi connectivity index (χ3n) is 1.03. The van der Waals surface area contributed by atoms with Crippen LogP contribution in [0.5, 0.6) is 0 Å². The van der Waals surface area contributed by atoms with Gasteiger partial charge < -0.3 is 9.84 Å². The molecule has 0 radical (unpaired) electrons. The summed E-state index contributed by atoms with van der Waals surface area (Å²) in [7, 11) is 0. The summed E-state index contributed by atoms with van der Waals surface area (Å²) in [4.78, 5) is 10.8. The van der Waals surface area contributed by atoms with Crippen molar-refractivity contribution < 1.29 is 14.6 Å². The average Bonchev–Trinajstić information content (AvgIpc) is 1.87. The molecule has 3 nitrogen and oxygen atoms in total. The van der Waals surface area contributed by atoms with Gasteiger partial charge in [0.1, 0.15) is 0 Å². The second-order valence-corrected chi connectivity index (χ2v) is 2.43. The molecule has 0 fully saturated rings. The summed E-state index contributed by atoms with van der Waals surface area (Å²) in [6.45, 7) is 9.46. The maximum Gasteiger partial charge on any atom is 0.335 e. The lowest BCUT2D eigenvalue weighted by atomic mass is 10.3. The lowest BCUT2D eigenvalue weighted by molar-refractivity contribution is -0.179. The van der Waals surface area contributed by atoms with Gasteiger partial charge >= 0.3 is 5.97 Å². The van der Waals surface area contributed by atoms with Gasteiger partial charge in [0.05, 0.1) is 0 Å². The van der Waals surface area contributed by atoms with E-state index in [4.69, 9.17) is 5.11 Å². The van der Waals surface area contributed by atoms with Crippen LogP contribution in [0.2, 0.25) is 0 Å². The molecule has 1 N–H and O–H groups in total. The van der Waals surface area contributed by atoms with Crippen molar-refractivity contribution in [3.8, 4) is 0 Å². The van der Waals surface area contributed by atoms with Crippen molar-refractivity contribution in [2.24, 2.45) is 0 Å². The van der Waals surface area contributed by atoms with Crippen molar-refractivity contribution in [2.75, 3.05) is 0 Å². The summed E-state index contributed by atoms with van der Waals surface area (Å²) >= 11 is 0. The Kier molecular flexibility index (Phi) is 3.01. The number of hydrogen-bond acceptors (Lipinski definition) is 3. The number of carbonyl (C=O) groups is 1. The first-order chi connectivity index (χ1) is 4.89. The molecular weight excluding hydrogens is 144 g/mol. The van der Waals surface area contributed by atoms with Gasteiger partial charge in [0, 0.05) is 12.5 Å². The Balaban J connectivity index is 4.15. The Morgan fingerprint density at radius 3 is 2.45 bits per heavy atom. The Morgan fingerprint density at radius 2 is 2.18 bits per heavy atom. The predicted octanol–water partition coefficient (Wildman–Crippen LogP) is 1.00. The van der Waals surface area contributed by atoms with Crippen LogP contribution in [-0.2, 0) is 9.53 Å². The molecule has 0 aliphatic rings. The lowest BCUT2D eigenvalue weighted by Crippen LogP contribution is -2.28. The number of rotatable bonds is 3. The van der Waals surface area contributed by atoms with Crippen molar-refractivity contribution in [1.82, 2.24) is 0 Å². The molecule has 0 heterocycles. The molecule has 1 atom stereocenters. The van der Waals surface area contributed by atoms with Crippen molar-refractivity contribution in [3.63, 3.8) is 0 Å². The first-order valence-corrected chi connectivity index (χ1v) is 3.14. The van der Waals surface area contributed by atoms with Crippen LogP contribution in [0, 0.1) is 0 Å². The number of aliphatic hydroxyl groups is 1. The van der Waals surface area contributed by atoms with Gasteiger partial charge in [0.2, 0.25) is 5.79 Å². The van der Waals surface area contributed by atoms with Crippen LogP contribution in [0.4, 0.5) is 0 Å².